The van der Waals surface area contributed by atoms with Gasteiger partial charge in [-0.25, -0.2) is 4.68 Å². The van der Waals surface area contributed by atoms with Gasteiger partial charge in [0.05, 0.1) is 13.1 Å². The quantitative estimate of drug-likeness (QED) is 0.749. The fourth-order valence-electron chi connectivity index (χ4n) is 3.89. The van der Waals surface area contributed by atoms with Crippen LogP contribution in [-0.2, 0) is 24.3 Å². The van der Waals surface area contributed by atoms with Gasteiger partial charge >= 0.3 is 0 Å². The Morgan fingerprint density at radius 2 is 2.07 bits per heavy atom. The van der Waals surface area contributed by atoms with Gasteiger partial charge in [-0.3, -0.25) is 9.69 Å². The molecule has 2 aliphatic heterocycles. The minimum atomic E-state index is -0.0135. The predicted octanol–water partition coefficient (Wildman–Crippen LogP) is 1.37. The van der Waals surface area contributed by atoms with Gasteiger partial charge < -0.3 is 9.64 Å². The summed E-state index contributed by atoms with van der Waals surface area (Å²) in [7, 11) is 1.81. The number of ether oxygens (including phenoxy) is 1. The van der Waals surface area contributed by atoms with E-state index in [1.54, 1.807) is 9.58 Å². The molecule has 0 aliphatic carbocycles. The lowest BCUT2D eigenvalue weighted by atomic mass is 9.99. The van der Waals surface area contributed by atoms with E-state index in [0.717, 1.165) is 37.0 Å². The number of hydrogen-bond donors (Lipinski definition) is 0. The first kappa shape index (κ1) is 18.9. The van der Waals surface area contributed by atoms with Crippen LogP contribution in [0.1, 0.15) is 31.2 Å². The second-order valence-corrected chi connectivity index (χ2v) is 8.04. The van der Waals surface area contributed by atoms with E-state index in [-0.39, 0.29) is 18.6 Å². The van der Waals surface area contributed by atoms with Gasteiger partial charge in [-0.1, -0.05) is 25.1 Å². The third-order valence-corrected chi connectivity index (χ3v) is 5.75. The number of likely N-dealkylation sites (tertiary alicyclic amines) is 1. The van der Waals surface area contributed by atoms with Crippen molar-refractivity contribution in [2.75, 3.05) is 26.7 Å². The second kappa shape index (κ2) is 8.26. The molecule has 0 spiro atoms. The zero-order valence-corrected chi connectivity index (χ0v) is 16.6. The maximum atomic E-state index is 12.7. The number of tetrazole rings is 1. The number of piperidine rings is 1. The van der Waals surface area contributed by atoms with Crippen molar-refractivity contribution in [2.24, 2.45) is 5.92 Å². The van der Waals surface area contributed by atoms with Crippen LogP contribution in [0.15, 0.2) is 24.3 Å². The molecule has 0 bridgehead atoms. The van der Waals surface area contributed by atoms with Crippen LogP contribution < -0.4 is 4.74 Å². The molecular formula is C20H28N6O2. The lowest BCUT2D eigenvalue weighted by molar-refractivity contribution is -0.131. The van der Waals surface area contributed by atoms with E-state index in [2.05, 4.69) is 33.4 Å². The Kier molecular flexibility index (Phi) is 5.57. The van der Waals surface area contributed by atoms with Gasteiger partial charge in [0.25, 0.3) is 0 Å². The van der Waals surface area contributed by atoms with E-state index >= 15 is 0 Å². The number of amides is 1. The average molecular weight is 384 g/mol. The van der Waals surface area contributed by atoms with Crippen LogP contribution in [0.25, 0.3) is 0 Å². The molecule has 1 aromatic heterocycles. The number of fused-ring (bicyclic) bond motifs is 1. The normalized spacial score (nSPS) is 20.0. The Balaban J connectivity index is 1.30. The molecule has 1 aromatic carbocycles. The van der Waals surface area contributed by atoms with Crippen LogP contribution >= 0.6 is 0 Å². The van der Waals surface area contributed by atoms with E-state index in [1.807, 2.05) is 25.2 Å². The van der Waals surface area contributed by atoms with E-state index in [4.69, 9.17) is 4.74 Å². The van der Waals surface area contributed by atoms with E-state index in [0.29, 0.717) is 13.1 Å². The summed E-state index contributed by atoms with van der Waals surface area (Å²) in [6, 6.07) is 8.04. The molecule has 0 N–H and O–H groups in total. The average Bonchev–Trinajstić information content (AvgIpc) is 3.29. The van der Waals surface area contributed by atoms with Crippen molar-refractivity contribution in [1.29, 1.82) is 0 Å². The van der Waals surface area contributed by atoms with Crippen molar-refractivity contribution in [1.82, 2.24) is 30.0 Å². The van der Waals surface area contributed by atoms with Crippen molar-refractivity contribution >= 4 is 5.91 Å². The van der Waals surface area contributed by atoms with Crippen LogP contribution in [0.3, 0.4) is 0 Å². The van der Waals surface area contributed by atoms with Crippen molar-refractivity contribution in [3.05, 3.63) is 35.7 Å². The summed E-state index contributed by atoms with van der Waals surface area (Å²) in [5, 5.41) is 12.0. The number of benzene rings is 1. The summed E-state index contributed by atoms with van der Waals surface area (Å²) < 4.78 is 7.57. The van der Waals surface area contributed by atoms with Crippen molar-refractivity contribution < 1.29 is 9.53 Å². The fourth-order valence-corrected chi connectivity index (χ4v) is 3.89. The minimum Gasteiger partial charge on any atom is -0.488 e. The third kappa shape index (κ3) is 4.32. The molecular weight excluding hydrogens is 356 g/mol. The number of para-hydroxylation sites is 1. The van der Waals surface area contributed by atoms with E-state index < -0.39 is 0 Å². The van der Waals surface area contributed by atoms with Gasteiger partial charge in [0.1, 0.15) is 18.4 Å². The predicted molar refractivity (Wildman–Crippen MR) is 104 cm³/mol. The number of nitrogens with zero attached hydrogens (tertiary/aromatic N) is 6. The summed E-state index contributed by atoms with van der Waals surface area (Å²) in [4.78, 5) is 16.8. The zero-order valence-electron chi connectivity index (χ0n) is 16.6. The molecule has 2 aromatic rings. The zero-order chi connectivity index (χ0) is 19.5. The van der Waals surface area contributed by atoms with Gasteiger partial charge in [-0.2, -0.15) is 0 Å². The molecule has 2 aliphatic rings. The maximum absolute atomic E-state index is 12.7. The minimum absolute atomic E-state index is 0.00460. The van der Waals surface area contributed by atoms with Crippen LogP contribution in [0.4, 0.5) is 0 Å². The Morgan fingerprint density at radius 1 is 1.29 bits per heavy atom. The lowest BCUT2D eigenvalue weighted by Gasteiger charge is -2.29. The molecule has 0 saturated carbocycles. The standard InChI is InChI=1S/C20H28N6O2/c1-15-7-9-25(10-8-15)13-19-21-22-23-26(19)14-20(27)24(2)12-17-11-16-5-3-4-6-18(16)28-17/h3-6,15,17H,7-14H2,1-2H3/t17-/m1/s1. The third-order valence-electron chi connectivity index (χ3n) is 5.75. The Labute approximate surface area is 165 Å². The molecule has 0 unspecified atom stereocenters. The van der Waals surface area contributed by atoms with Gasteiger partial charge in [0, 0.05) is 13.5 Å². The van der Waals surface area contributed by atoms with E-state index in [9.17, 15) is 4.79 Å². The highest BCUT2D eigenvalue weighted by atomic mass is 16.5. The van der Waals surface area contributed by atoms with Gasteiger partial charge in [0.15, 0.2) is 5.82 Å². The molecule has 1 fully saturated rings. The fraction of sp³-hybridized carbons (Fsp3) is 0.600. The van der Waals surface area contributed by atoms with Crippen LogP contribution in [0.2, 0.25) is 0 Å². The number of carbonyl (C=O) groups excluding carboxylic acids is 1. The summed E-state index contributed by atoms with van der Waals surface area (Å²) in [6.45, 7) is 5.81. The highest BCUT2D eigenvalue weighted by molar-refractivity contribution is 5.75. The van der Waals surface area contributed by atoms with Crippen LogP contribution in [-0.4, -0.2) is 68.7 Å². The van der Waals surface area contributed by atoms with Gasteiger partial charge in [-0.05, 0) is 53.9 Å². The monoisotopic (exact) mass is 384 g/mol. The van der Waals surface area contributed by atoms with Gasteiger partial charge in [-0.15, -0.1) is 5.10 Å². The topological polar surface area (TPSA) is 76.4 Å². The Bertz CT molecular complexity index is 790. The molecule has 0 radical (unpaired) electrons. The molecule has 150 valence electrons. The number of carbonyl (C=O) groups is 1. The van der Waals surface area contributed by atoms with E-state index in [1.165, 1.54) is 18.4 Å². The molecule has 1 saturated heterocycles. The molecule has 8 heteroatoms. The van der Waals surface area contributed by atoms with Crippen molar-refractivity contribution in [3.8, 4) is 5.75 Å². The first-order chi connectivity index (χ1) is 13.6. The molecule has 1 amide bonds. The number of rotatable bonds is 6. The summed E-state index contributed by atoms with van der Waals surface area (Å²) in [5.74, 6) is 2.44. The SMILES string of the molecule is CC1CCN(Cc2nnnn2CC(=O)N(C)C[C@H]2Cc3ccccc3O2)CC1. The second-order valence-electron chi connectivity index (χ2n) is 8.04. The summed E-state index contributed by atoms with van der Waals surface area (Å²) >= 11 is 0. The highest BCUT2D eigenvalue weighted by Gasteiger charge is 2.26. The smallest absolute Gasteiger partial charge is 0.244 e. The summed E-state index contributed by atoms with van der Waals surface area (Å²) in [5.41, 5.74) is 1.20. The number of hydrogen-bond acceptors (Lipinski definition) is 6. The molecule has 4 rings (SSSR count). The largest absolute Gasteiger partial charge is 0.488 e. The lowest BCUT2D eigenvalue weighted by Crippen LogP contribution is -2.39. The van der Waals surface area contributed by atoms with Crippen LogP contribution in [0.5, 0.6) is 5.75 Å². The molecule has 3 heterocycles. The van der Waals surface area contributed by atoms with Crippen molar-refractivity contribution in [3.63, 3.8) is 0 Å². The highest BCUT2D eigenvalue weighted by Crippen LogP contribution is 2.28. The van der Waals surface area contributed by atoms with Crippen molar-refractivity contribution in [2.45, 2.75) is 45.4 Å². The number of likely N-dealkylation sites (N-methyl/N-ethyl adjacent to an activating group) is 1. The first-order valence-corrected chi connectivity index (χ1v) is 10.0. The Morgan fingerprint density at radius 3 is 2.86 bits per heavy atom. The molecule has 1 atom stereocenters. The maximum Gasteiger partial charge on any atom is 0.244 e. The van der Waals surface area contributed by atoms with Gasteiger partial charge in [0.2, 0.25) is 5.91 Å². The number of aromatic nitrogens is 4. The molecule has 8 nitrogen and oxygen atoms in total. The Hall–Kier alpha value is -2.48. The molecule has 28 heavy (non-hydrogen) atoms. The van der Waals surface area contributed by atoms with Crippen LogP contribution in [0, 0.1) is 5.92 Å². The first-order valence-electron chi connectivity index (χ1n) is 10.0. The summed E-state index contributed by atoms with van der Waals surface area (Å²) in [6.07, 6.45) is 3.23.